The highest BCUT2D eigenvalue weighted by atomic mass is 35.5. The van der Waals surface area contributed by atoms with Crippen molar-refractivity contribution in [1.82, 2.24) is 4.90 Å². The van der Waals surface area contributed by atoms with E-state index >= 15 is 0 Å². The SMILES string of the molecule is COc1ccc(C(=O)N2CCCC(OCc3ccccc3Cl)C2)cc1. The Balaban J connectivity index is 1.58. The Bertz CT molecular complexity index is 717. The molecular formula is C20H22ClNO3. The number of rotatable bonds is 5. The van der Waals surface area contributed by atoms with Crippen molar-refractivity contribution in [1.29, 1.82) is 0 Å². The molecule has 132 valence electrons. The Morgan fingerprint density at radius 1 is 1.20 bits per heavy atom. The van der Waals surface area contributed by atoms with E-state index < -0.39 is 0 Å². The van der Waals surface area contributed by atoms with Gasteiger partial charge in [0.2, 0.25) is 0 Å². The summed E-state index contributed by atoms with van der Waals surface area (Å²) in [6.07, 6.45) is 1.93. The van der Waals surface area contributed by atoms with Crippen LogP contribution in [0.2, 0.25) is 5.02 Å². The van der Waals surface area contributed by atoms with Gasteiger partial charge in [-0.25, -0.2) is 0 Å². The third kappa shape index (κ3) is 4.53. The lowest BCUT2D eigenvalue weighted by molar-refractivity contribution is -0.00670. The number of hydrogen-bond donors (Lipinski definition) is 0. The van der Waals surface area contributed by atoms with Crippen LogP contribution in [-0.2, 0) is 11.3 Å². The van der Waals surface area contributed by atoms with Gasteiger partial charge in [0.05, 0.1) is 19.8 Å². The molecule has 1 aliphatic rings. The van der Waals surface area contributed by atoms with Crippen LogP contribution >= 0.6 is 11.6 Å². The molecule has 0 aliphatic carbocycles. The molecule has 1 saturated heterocycles. The fourth-order valence-corrected chi connectivity index (χ4v) is 3.19. The fourth-order valence-electron chi connectivity index (χ4n) is 3.00. The van der Waals surface area contributed by atoms with E-state index in [2.05, 4.69) is 0 Å². The van der Waals surface area contributed by atoms with E-state index in [1.54, 1.807) is 19.2 Å². The zero-order chi connectivity index (χ0) is 17.6. The minimum absolute atomic E-state index is 0.0345. The molecule has 0 N–H and O–H groups in total. The summed E-state index contributed by atoms with van der Waals surface area (Å²) in [5.74, 6) is 0.782. The molecule has 2 aromatic rings. The molecule has 1 fully saturated rings. The summed E-state index contributed by atoms with van der Waals surface area (Å²) in [5, 5.41) is 0.712. The van der Waals surface area contributed by atoms with E-state index in [0.29, 0.717) is 23.7 Å². The van der Waals surface area contributed by atoms with Gasteiger partial charge in [-0.15, -0.1) is 0 Å². The Labute approximate surface area is 153 Å². The summed E-state index contributed by atoms with van der Waals surface area (Å²) >= 11 is 6.17. The van der Waals surface area contributed by atoms with Crippen LogP contribution in [0.3, 0.4) is 0 Å². The van der Waals surface area contributed by atoms with Gasteiger partial charge in [-0.1, -0.05) is 29.8 Å². The normalized spacial score (nSPS) is 17.4. The third-order valence-electron chi connectivity index (χ3n) is 4.43. The highest BCUT2D eigenvalue weighted by Crippen LogP contribution is 2.21. The van der Waals surface area contributed by atoms with E-state index in [1.807, 2.05) is 41.3 Å². The van der Waals surface area contributed by atoms with Crippen molar-refractivity contribution in [2.45, 2.75) is 25.6 Å². The second kappa shape index (κ2) is 8.37. The van der Waals surface area contributed by atoms with Crippen molar-refractivity contribution in [3.8, 4) is 5.75 Å². The van der Waals surface area contributed by atoms with Gasteiger partial charge in [-0.3, -0.25) is 4.79 Å². The summed E-state index contributed by atoms with van der Waals surface area (Å²) in [7, 11) is 1.61. The Hall–Kier alpha value is -2.04. The van der Waals surface area contributed by atoms with Crippen molar-refractivity contribution in [2.75, 3.05) is 20.2 Å². The molecular weight excluding hydrogens is 338 g/mol. The van der Waals surface area contributed by atoms with Gasteiger partial charge < -0.3 is 14.4 Å². The molecule has 25 heavy (non-hydrogen) atoms. The molecule has 5 heteroatoms. The average Bonchev–Trinajstić information content (AvgIpc) is 2.67. The molecule has 1 amide bonds. The number of carbonyl (C=O) groups is 1. The number of piperidine rings is 1. The predicted molar refractivity (Wildman–Crippen MR) is 98.2 cm³/mol. The van der Waals surface area contributed by atoms with Gasteiger partial charge >= 0.3 is 0 Å². The molecule has 2 aromatic carbocycles. The summed E-state index contributed by atoms with van der Waals surface area (Å²) < 4.78 is 11.1. The van der Waals surface area contributed by atoms with Crippen LogP contribution < -0.4 is 4.74 Å². The Kier molecular flexibility index (Phi) is 5.95. The van der Waals surface area contributed by atoms with Crippen molar-refractivity contribution < 1.29 is 14.3 Å². The molecule has 1 atom stereocenters. The second-order valence-corrected chi connectivity index (χ2v) is 6.55. The quantitative estimate of drug-likeness (QED) is 0.804. The maximum absolute atomic E-state index is 12.7. The van der Waals surface area contributed by atoms with E-state index in [0.717, 1.165) is 30.7 Å². The highest BCUT2D eigenvalue weighted by Gasteiger charge is 2.25. The van der Waals surface area contributed by atoms with Gasteiger partial charge in [-0.2, -0.15) is 0 Å². The van der Waals surface area contributed by atoms with Gasteiger partial charge in [0, 0.05) is 23.7 Å². The van der Waals surface area contributed by atoms with E-state index in [-0.39, 0.29) is 12.0 Å². The van der Waals surface area contributed by atoms with Crippen LogP contribution in [0.4, 0.5) is 0 Å². The number of ether oxygens (including phenoxy) is 2. The smallest absolute Gasteiger partial charge is 0.253 e. The van der Waals surface area contributed by atoms with Crippen molar-refractivity contribution >= 4 is 17.5 Å². The minimum Gasteiger partial charge on any atom is -0.497 e. The number of amides is 1. The molecule has 0 saturated carbocycles. The first kappa shape index (κ1) is 17.8. The average molecular weight is 360 g/mol. The maximum Gasteiger partial charge on any atom is 0.253 e. The number of hydrogen-bond acceptors (Lipinski definition) is 3. The summed E-state index contributed by atoms with van der Waals surface area (Å²) in [6.45, 7) is 1.83. The van der Waals surface area contributed by atoms with Crippen LogP contribution in [0.5, 0.6) is 5.75 Å². The minimum atomic E-state index is 0.0345. The second-order valence-electron chi connectivity index (χ2n) is 6.15. The van der Waals surface area contributed by atoms with Crippen LogP contribution in [0.1, 0.15) is 28.8 Å². The van der Waals surface area contributed by atoms with Crippen LogP contribution in [0.15, 0.2) is 48.5 Å². The number of methoxy groups -OCH3 is 1. The summed E-state index contributed by atoms with van der Waals surface area (Å²) in [4.78, 5) is 14.5. The maximum atomic E-state index is 12.7. The molecule has 0 bridgehead atoms. The first-order valence-corrected chi connectivity index (χ1v) is 8.83. The monoisotopic (exact) mass is 359 g/mol. The van der Waals surface area contributed by atoms with Crippen molar-refractivity contribution in [3.63, 3.8) is 0 Å². The molecule has 1 aliphatic heterocycles. The Morgan fingerprint density at radius 3 is 2.68 bits per heavy atom. The van der Waals surface area contributed by atoms with Crippen molar-refractivity contribution in [3.05, 3.63) is 64.7 Å². The van der Waals surface area contributed by atoms with Crippen LogP contribution in [0, 0.1) is 0 Å². The molecule has 1 heterocycles. The molecule has 1 unspecified atom stereocenters. The van der Waals surface area contributed by atoms with Crippen LogP contribution in [0.25, 0.3) is 0 Å². The zero-order valence-electron chi connectivity index (χ0n) is 14.3. The zero-order valence-corrected chi connectivity index (χ0v) is 15.0. The molecule has 0 radical (unpaired) electrons. The fraction of sp³-hybridized carbons (Fsp3) is 0.350. The topological polar surface area (TPSA) is 38.8 Å². The number of nitrogens with zero attached hydrogens (tertiary/aromatic N) is 1. The number of likely N-dealkylation sites (tertiary alicyclic amines) is 1. The van der Waals surface area contributed by atoms with Gasteiger partial charge in [-0.05, 0) is 48.7 Å². The van der Waals surface area contributed by atoms with Gasteiger partial charge in [0.15, 0.2) is 0 Å². The lowest BCUT2D eigenvalue weighted by Gasteiger charge is -2.33. The number of benzene rings is 2. The predicted octanol–water partition coefficient (Wildman–Crippen LogP) is 4.17. The standard InChI is InChI=1S/C20H22ClNO3/c1-24-17-10-8-15(9-11-17)20(23)22-12-4-6-18(13-22)25-14-16-5-2-3-7-19(16)21/h2-3,5,7-11,18H,4,6,12-14H2,1H3. The highest BCUT2D eigenvalue weighted by molar-refractivity contribution is 6.31. The van der Waals surface area contributed by atoms with Gasteiger partial charge in [0.1, 0.15) is 5.75 Å². The molecule has 0 aromatic heterocycles. The molecule has 3 rings (SSSR count). The van der Waals surface area contributed by atoms with Gasteiger partial charge in [0.25, 0.3) is 5.91 Å². The number of carbonyl (C=O) groups excluding carboxylic acids is 1. The van der Waals surface area contributed by atoms with E-state index in [1.165, 1.54) is 0 Å². The van der Waals surface area contributed by atoms with E-state index in [4.69, 9.17) is 21.1 Å². The van der Waals surface area contributed by atoms with Crippen molar-refractivity contribution in [2.24, 2.45) is 0 Å². The number of halogens is 1. The summed E-state index contributed by atoms with van der Waals surface area (Å²) in [5.41, 5.74) is 1.65. The van der Waals surface area contributed by atoms with E-state index in [9.17, 15) is 4.79 Å². The molecule has 0 spiro atoms. The Morgan fingerprint density at radius 2 is 1.96 bits per heavy atom. The lowest BCUT2D eigenvalue weighted by atomic mass is 10.1. The summed E-state index contributed by atoms with van der Waals surface area (Å²) in [6, 6.07) is 14.9. The first-order chi connectivity index (χ1) is 12.2. The largest absolute Gasteiger partial charge is 0.497 e. The first-order valence-electron chi connectivity index (χ1n) is 8.45. The van der Waals surface area contributed by atoms with Crippen LogP contribution in [-0.4, -0.2) is 37.1 Å². The lowest BCUT2D eigenvalue weighted by Crippen LogP contribution is -2.43. The molecule has 4 nitrogen and oxygen atoms in total. The third-order valence-corrected chi connectivity index (χ3v) is 4.80.